The van der Waals surface area contributed by atoms with Crippen LogP contribution in [-0.2, 0) is 47.3 Å². The van der Waals surface area contributed by atoms with Gasteiger partial charge in [-0.2, -0.15) is 5.10 Å². The van der Waals surface area contributed by atoms with E-state index < -0.39 is 5.97 Å². The molecule has 0 aliphatic heterocycles. The maximum absolute atomic E-state index is 13.8. The molecule has 10 heteroatoms. The minimum Gasteiger partial charge on any atom is -0.493 e. The Bertz CT molecular complexity index is 2240. The van der Waals surface area contributed by atoms with Crippen molar-refractivity contribution in [3.63, 3.8) is 0 Å². The molecule has 282 valence electrons. The number of ether oxygens (including phenoxy) is 4. The Balaban J connectivity index is 1.10. The Kier molecular flexibility index (Phi) is 11.7. The van der Waals surface area contributed by atoms with Gasteiger partial charge in [-0.25, -0.2) is 9.18 Å². The second kappa shape index (κ2) is 16.8. The molecule has 0 saturated heterocycles. The molecule has 0 atom stereocenters. The number of aromatic nitrogens is 3. The molecule has 8 nitrogen and oxygen atoms in total. The third-order valence-corrected chi connectivity index (χ3v) is 10.8. The van der Waals surface area contributed by atoms with Crippen LogP contribution in [0.2, 0.25) is 5.02 Å². The van der Waals surface area contributed by atoms with Gasteiger partial charge in [0.05, 0.1) is 49.3 Å². The average Bonchev–Trinajstić information content (AvgIpc) is 3.74. The first-order valence-corrected chi connectivity index (χ1v) is 19.2. The molecule has 1 aliphatic carbocycles. The quantitative estimate of drug-likeness (QED) is 0.0695. The maximum atomic E-state index is 13.8. The highest BCUT2D eigenvalue weighted by Crippen LogP contribution is 2.49. The molecule has 0 bridgehead atoms. The summed E-state index contributed by atoms with van der Waals surface area (Å²) < 4.78 is 39.9. The predicted molar refractivity (Wildman–Crippen MR) is 211 cm³/mol. The lowest BCUT2D eigenvalue weighted by atomic mass is 9.97. The number of nitrogens with zero attached hydrogens (tertiary/aromatic N) is 2. The smallest absolute Gasteiger partial charge is 0.355 e. The van der Waals surface area contributed by atoms with Crippen molar-refractivity contribution in [3.05, 3.63) is 118 Å². The van der Waals surface area contributed by atoms with Crippen LogP contribution in [-0.4, -0.2) is 47.2 Å². The van der Waals surface area contributed by atoms with Crippen molar-refractivity contribution in [2.75, 3.05) is 26.4 Å². The SMILES string of the molecule is CCOC(=O)c1[nH]c2c(-c3c(COCC4(CCOCc5ccccc5)CC4)nn(C)c3CC)c(Cl)ccc2c1CCCOc1cccc2cc(F)ccc12. The fourth-order valence-electron chi connectivity index (χ4n) is 7.43. The van der Waals surface area contributed by atoms with Crippen LogP contribution in [0, 0.1) is 11.2 Å². The van der Waals surface area contributed by atoms with E-state index in [1.807, 2.05) is 60.3 Å². The highest BCUT2D eigenvalue weighted by molar-refractivity contribution is 6.35. The maximum Gasteiger partial charge on any atom is 0.355 e. The number of fused-ring (bicyclic) bond motifs is 2. The van der Waals surface area contributed by atoms with Gasteiger partial charge in [0, 0.05) is 41.2 Å². The van der Waals surface area contributed by atoms with E-state index in [4.69, 9.17) is 35.6 Å². The van der Waals surface area contributed by atoms with Gasteiger partial charge < -0.3 is 23.9 Å². The first-order chi connectivity index (χ1) is 26.3. The number of hydrogen-bond acceptors (Lipinski definition) is 6. The van der Waals surface area contributed by atoms with Gasteiger partial charge in [0.2, 0.25) is 0 Å². The summed E-state index contributed by atoms with van der Waals surface area (Å²) in [7, 11) is 1.95. The lowest BCUT2D eigenvalue weighted by molar-refractivity contribution is 0.0480. The number of carbonyl (C=O) groups excluding carboxylic acids is 1. The minimum absolute atomic E-state index is 0.134. The zero-order valence-corrected chi connectivity index (χ0v) is 31.9. The summed E-state index contributed by atoms with van der Waals surface area (Å²) in [6.07, 6.45) is 5.10. The largest absolute Gasteiger partial charge is 0.493 e. The van der Waals surface area contributed by atoms with Crippen LogP contribution in [0.3, 0.4) is 0 Å². The summed E-state index contributed by atoms with van der Waals surface area (Å²) in [5, 5.41) is 8.00. The van der Waals surface area contributed by atoms with Crippen LogP contribution in [0.25, 0.3) is 32.8 Å². The van der Waals surface area contributed by atoms with E-state index in [-0.39, 0.29) is 17.8 Å². The fraction of sp³-hybridized carbons (Fsp3) is 0.364. The van der Waals surface area contributed by atoms with E-state index in [1.54, 1.807) is 13.0 Å². The molecule has 2 heterocycles. The summed E-state index contributed by atoms with van der Waals surface area (Å²) >= 11 is 7.06. The van der Waals surface area contributed by atoms with Crippen molar-refractivity contribution < 1.29 is 28.1 Å². The topological polar surface area (TPSA) is 87.6 Å². The van der Waals surface area contributed by atoms with E-state index in [0.717, 1.165) is 75.4 Å². The number of aryl methyl sites for hydroxylation is 2. The molecule has 1 aliphatic rings. The molecule has 4 aromatic carbocycles. The lowest BCUT2D eigenvalue weighted by Crippen LogP contribution is -2.14. The molecule has 54 heavy (non-hydrogen) atoms. The van der Waals surface area contributed by atoms with E-state index >= 15 is 0 Å². The number of benzene rings is 4. The molecule has 1 saturated carbocycles. The second-order valence-corrected chi connectivity index (χ2v) is 14.6. The Hall–Kier alpha value is -4.70. The van der Waals surface area contributed by atoms with Crippen molar-refractivity contribution in [2.45, 2.75) is 65.6 Å². The number of carbonyl (C=O) groups is 1. The third-order valence-electron chi connectivity index (χ3n) is 10.5. The van der Waals surface area contributed by atoms with Crippen LogP contribution in [0.15, 0.2) is 78.9 Å². The van der Waals surface area contributed by atoms with Crippen molar-refractivity contribution in [2.24, 2.45) is 12.5 Å². The van der Waals surface area contributed by atoms with Gasteiger partial charge in [0.15, 0.2) is 0 Å². The highest BCUT2D eigenvalue weighted by atomic mass is 35.5. The van der Waals surface area contributed by atoms with Crippen LogP contribution < -0.4 is 4.74 Å². The minimum atomic E-state index is -0.421. The molecule has 0 radical (unpaired) electrons. The van der Waals surface area contributed by atoms with Crippen LogP contribution in [0.4, 0.5) is 4.39 Å². The molecular formula is C44H47ClFN3O5. The lowest BCUT2D eigenvalue weighted by Gasteiger charge is -2.16. The van der Waals surface area contributed by atoms with Gasteiger partial charge in [-0.3, -0.25) is 4.68 Å². The van der Waals surface area contributed by atoms with Crippen molar-refractivity contribution in [1.82, 2.24) is 14.8 Å². The van der Waals surface area contributed by atoms with Crippen LogP contribution in [0.5, 0.6) is 5.75 Å². The first-order valence-electron chi connectivity index (χ1n) is 18.9. The fourth-order valence-corrected chi connectivity index (χ4v) is 7.68. The zero-order chi connectivity index (χ0) is 37.7. The molecule has 0 spiro atoms. The molecule has 2 aromatic heterocycles. The van der Waals surface area contributed by atoms with Gasteiger partial charge in [0.1, 0.15) is 17.3 Å². The van der Waals surface area contributed by atoms with Gasteiger partial charge in [0.25, 0.3) is 0 Å². The number of hydrogen-bond donors (Lipinski definition) is 1. The van der Waals surface area contributed by atoms with E-state index in [9.17, 15) is 9.18 Å². The predicted octanol–water partition coefficient (Wildman–Crippen LogP) is 10.2. The van der Waals surface area contributed by atoms with Gasteiger partial charge in [-0.05, 0) is 97.7 Å². The molecule has 7 rings (SSSR count). The highest BCUT2D eigenvalue weighted by Gasteiger charge is 2.42. The number of esters is 1. The Morgan fingerprint density at radius 3 is 2.54 bits per heavy atom. The average molecular weight is 752 g/mol. The second-order valence-electron chi connectivity index (χ2n) is 14.1. The number of rotatable bonds is 18. The van der Waals surface area contributed by atoms with Gasteiger partial charge >= 0.3 is 5.97 Å². The molecule has 0 unspecified atom stereocenters. The molecule has 1 N–H and O–H groups in total. The summed E-state index contributed by atoms with van der Waals surface area (Å²) in [5.41, 5.74) is 6.86. The van der Waals surface area contributed by atoms with E-state index in [2.05, 4.69) is 24.0 Å². The normalized spacial score (nSPS) is 13.5. The number of H-pyrrole nitrogens is 1. The van der Waals surface area contributed by atoms with Crippen LogP contribution >= 0.6 is 11.6 Å². The van der Waals surface area contributed by atoms with E-state index in [1.165, 1.54) is 17.7 Å². The molecule has 6 aromatic rings. The zero-order valence-electron chi connectivity index (χ0n) is 31.2. The molecule has 0 amide bonds. The van der Waals surface area contributed by atoms with Crippen LogP contribution in [0.1, 0.15) is 72.5 Å². The summed E-state index contributed by atoms with van der Waals surface area (Å²) in [6, 6.07) is 24.4. The Labute approximate surface area is 320 Å². The third kappa shape index (κ3) is 8.19. The standard InChI is InChI=1S/C44H47ClFN3O5/c1-4-37-40(36(48-49(37)3)27-52-28-44(20-21-44)22-24-51-26-29-11-7-6-8-12-29)39-35(45)19-18-34-33(42(47-41(34)39)43(50)53-5-2)14-10-23-54-38-15-9-13-30-25-31(46)16-17-32(30)38/h6-9,11-13,15-19,25,47H,4-5,10,14,20-24,26-28H2,1-3H3. The Morgan fingerprint density at radius 1 is 0.944 bits per heavy atom. The van der Waals surface area contributed by atoms with Crippen molar-refractivity contribution in [3.8, 4) is 16.9 Å². The number of halogens is 2. The van der Waals surface area contributed by atoms with Crippen molar-refractivity contribution >= 4 is 39.2 Å². The van der Waals surface area contributed by atoms with Gasteiger partial charge in [-0.15, -0.1) is 0 Å². The van der Waals surface area contributed by atoms with Gasteiger partial charge in [-0.1, -0.05) is 67.1 Å². The monoisotopic (exact) mass is 751 g/mol. The number of nitrogens with one attached hydrogen (secondary N) is 1. The molecule has 1 fully saturated rings. The number of aromatic amines is 1. The first kappa shape index (κ1) is 37.6. The summed E-state index contributed by atoms with van der Waals surface area (Å²) in [4.78, 5) is 16.8. The summed E-state index contributed by atoms with van der Waals surface area (Å²) in [5.74, 6) is -0.0194. The van der Waals surface area contributed by atoms with E-state index in [0.29, 0.717) is 62.3 Å². The molecular weight excluding hydrogens is 705 g/mol. The summed E-state index contributed by atoms with van der Waals surface area (Å²) in [6.45, 7) is 6.82. The van der Waals surface area contributed by atoms with Crippen molar-refractivity contribution in [1.29, 1.82) is 0 Å². The Morgan fingerprint density at radius 2 is 1.76 bits per heavy atom.